The van der Waals surface area contributed by atoms with E-state index in [2.05, 4.69) is 111 Å². The molecule has 6 fully saturated rings. The van der Waals surface area contributed by atoms with Crippen LogP contribution in [0.25, 0.3) is 32.6 Å². The molecule has 3 aromatic heterocycles. The van der Waals surface area contributed by atoms with Gasteiger partial charge in [0.25, 0.3) is 0 Å². The van der Waals surface area contributed by atoms with Crippen LogP contribution >= 0.6 is 0 Å². The zero-order valence-electron chi connectivity index (χ0n) is 43.1. The van der Waals surface area contributed by atoms with E-state index in [1.807, 2.05) is 36.7 Å². The van der Waals surface area contributed by atoms with Gasteiger partial charge >= 0.3 is 8.56 Å². The van der Waals surface area contributed by atoms with Crippen LogP contribution in [0.1, 0.15) is 68.8 Å². The molecule has 6 aliphatic heterocycles. The van der Waals surface area contributed by atoms with Crippen LogP contribution in [0, 0.1) is 23.7 Å². The molecule has 3 aromatic carbocycles. The molecule has 0 amide bonds. The highest BCUT2D eigenvalue weighted by Gasteiger charge is 2.48. The van der Waals surface area contributed by atoms with Gasteiger partial charge in [0.2, 0.25) is 11.8 Å². The third-order valence-corrected chi connectivity index (χ3v) is 25.3. The van der Waals surface area contributed by atoms with Gasteiger partial charge < -0.3 is 27.2 Å². The first-order valence-corrected chi connectivity index (χ1v) is 35.3. The van der Waals surface area contributed by atoms with E-state index in [1.54, 1.807) is 14.2 Å². The van der Waals surface area contributed by atoms with Crippen LogP contribution in [0.15, 0.2) is 85.2 Å². The molecule has 9 heterocycles. The molecular formula is C55H74N6O6Si3. The topological polar surface area (TPSA) is 113 Å². The fourth-order valence-electron chi connectivity index (χ4n) is 12.9. The molecule has 12 nitrogen and oxygen atoms in total. The Morgan fingerprint density at radius 3 is 1.49 bits per heavy atom. The second kappa shape index (κ2) is 19.8. The highest BCUT2D eigenvalue weighted by molar-refractivity contribution is 6.87. The lowest BCUT2D eigenvalue weighted by Crippen LogP contribution is -2.57. The largest absolute Gasteiger partial charge is 0.497 e. The lowest BCUT2D eigenvalue weighted by Gasteiger charge is -2.52. The SMILES string of the molecule is CC[C@H]1CN2CC[C@H]1C[C@@H]2[C@@H](Oc1nnc(O[C@@H](c2ccnc3ccc(OC)cc23)[C@H]2C[C@@H]3CCN2C[C@@H]3CC[Si](C)(O[Si](C)(C)C)O[Si](C)(C)C)c2ccccc12)c1ccnc2ccc(OC)cc12. The van der Waals surface area contributed by atoms with Gasteiger partial charge in [0, 0.05) is 47.4 Å². The van der Waals surface area contributed by atoms with Gasteiger partial charge in [-0.1, -0.05) is 25.5 Å². The van der Waals surface area contributed by atoms with Gasteiger partial charge in [0.1, 0.15) is 23.7 Å². The van der Waals surface area contributed by atoms with Crippen molar-refractivity contribution in [1.82, 2.24) is 30.0 Å². The number of hydrogen-bond donors (Lipinski definition) is 0. The van der Waals surface area contributed by atoms with Crippen molar-refractivity contribution in [2.45, 2.75) is 122 Å². The predicted molar refractivity (Wildman–Crippen MR) is 286 cm³/mol. The Morgan fingerprint density at radius 1 is 0.600 bits per heavy atom. The normalized spacial score (nSPS) is 25.6. The Labute approximate surface area is 418 Å². The van der Waals surface area contributed by atoms with Crippen LogP contribution in [0.3, 0.4) is 0 Å². The Bertz CT molecular complexity index is 2810. The minimum absolute atomic E-state index is 0.104. The van der Waals surface area contributed by atoms with E-state index in [1.165, 1.54) is 19.3 Å². The zero-order chi connectivity index (χ0) is 49.0. The van der Waals surface area contributed by atoms with E-state index in [0.717, 1.165) is 107 Å². The molecule has 6 aliphatic rings. The van der Waals surface area contributed by atoms with Gasteiger partial charge in [-0.15, -0.1) is 10.2 Å². The maximum atomic E-state index is 7.46. The number of nitrogens with zero attached hydrogens (tertiary/aromatic N) is 6. The molecule has 6 saturated heterocycles. The Morgan fingerprint density at radius 2 is 1.07 bits per heavy atom. The molecule has 70 heavy (non-hydrogen) atoms. The fourth-order valence-corrected chi connectivity index (χ4v) is 25.5. The Kier molecular flexibility index (Phi) is 13.9. The number of hydrogen-bond acceptors (Lipinski definition) is 12. The quantitative estimate of drug-likeness (QED) is 0.0764. The minimum atomic E-state index is -2.38. The lowest BCUT2D eigenvalue weighted by atomic mass is 9.72. The third kappa shape index (κ3) is 10.3. The van der Waals surface area contributed by atoms with Crippen molar-refractivity contribution in [1.29, 1.82) is 0 Å². The van der Waals surface area contributed by atoms with Crippen LogP contribution in [-0.2, 0) is 8.23 Å². The number of rotatable bonds is 18. The second-order valence-electron chi connectivity index (χ2n) is 22.7. The number of fused-ring (bicyclic) bond motifs is 9. The minimum Gasteiger partial charge on any atom is -0.497 e. The maximum absolute atomic E-state index is 7.46. The molecule has 0 radical (unpaired) electrons. The molecule has 6 aromatic rings. The summed E-state index contributed by atoms with van der Waals surface area (Å²) in [7, 11) is -2.57. The Hall–Kier alpha value is -4.49. The van der Waals surface area contributed by atoms with Gasteiger partial charge in [-0.05, 0) is 181 Å². The van der Waals surface area contributed by atoms with Crippen LogP contribution < -0.4 is 18.9 Å². The number of benzene rings is 3. The van der Waals surface area contributed by atoms with Gasteiger partial charge in [0.05, 0.1) is 48.1 Å². The van der Waals surface area contributed by atoms with E-state index in [0.29, 0.717) is 35.4 Å². The second-order valence-corrected chi connectivity index (χ2v) is 35.6. The van der Waals surface area contributed by atoms with Gasteiger partial charge in [-0.3, -0.25) is 19.8 Å². The summed E-state index contributed by atoms with van der Waals surface area (Å²) in [5.74, 6) is 5.05. The monoisotopic (exact) mass is 998 g/mol. The summed E-state index contributed by atoms with van der Waals surface area (Å²) in [6.07, 6.45) is 9.93. The molecule has 0 aliphatic carbocycles. The molecule has 0 spiro atoms. The van der Waals surface area contributed by atoms with E-state index in [9.17, 15) is 0 Å². The molecule has 0 saturated carbocycles. The average molecular weight is 999 g/mol. The third-order valence-electron chi connectivity index (χ3n) is 15.8. The maximum Gasteiger partial charge on any atom is 0.314 e. The fraction of sp³-hybridized carbons (Fsp3) is 0.527. The van der Waals surface area contributed by atoms with Crippen molar-refractivity contribution in [3.8, 4) is 23.3 Å². The number of aromatic nitrogens is 4. The number of pyridine rings is 2. The highest BCUT2D eigenvalue weighted by Crippen LogP contribution is 2.48. The van der Waals surface area contributed by atoms with Crippen molar-refractivity contribution >= 4 is 57.8 Å². The average Bonchev–Trinajstić information content (AvgIpc) is 3.35. The van der Waals surface area contributed by atoms with Crippen LogP contribution in [0.5, 0.6) is 23.3 Å². The lowest BCUT2D eigenvalue weighted by molar-refractivity contribution is -0.0506. The first-order valence-electron chi connectivity index (χ1n) is 25.9. The molecular weight excluding hydrogens is 925 g/mol. The van der Waals surface area contributed by atoms with Gasteiger partial charge in [0.15, 0.2) is 16.6 Å². The van der Waals surface area contributed by atoms with E-state index >= 15 is 0 Å². The number of ether oxygens (including phenoxy) is 4. The molecule has 15 heteroatoms. The molecule has 0 N–H and O–H groups in total. The van der Waals surface area contributed by atoms with E-state index < -0.39 is 25.2 Å². The van der Waals surface area contributed by atoms with Crippen molar-refractivity contribution in [3.05, 3.63) is 96.3 Å². The summed E-state index contributed by atoms with van der Waals surface area (Å²) in [4.78, 5) is 15.0. The number of piperidine rings is 6. The molecule has 372 valence electrons. The highest BCUT2D eigenvalue weighted by atomic mass is 28.5. The van der Waals surface area contributed by atoms with E-state index in [-0.39, 0.29) is 24.3 Å². The van der Waals surface area contributed by atoms with Gasteiger partial charge in [-0.25, -0.2) is 0 Å². The van der Waals surface area contributed by atoms with Crippen molar-refractivity contribution in [2.24, 2.45) is 23.7 Å². The first-order chi connectivity index (χ1) is 33.6. The van der Waals surface area contributed by atoms with E-state index in [4.69, 9.17) is 47.3 Å². The smallest absolute Gasteiger partial charge is 0.314 e. The van der Waals surface area contributed by atoms with Crippen molar-refractivity contribution in [3.63, 3.8) is 0 Å². The summed E-state index contributed by atoms with van der Waals surface area (Å²) in [5, 5.41) is 13.8. The van der Waals surface area contributed by atoms with Crippen molar-refractivity contribution in [2.75, 3.05) is 40.4 Å². The summed E-state index contributed by atoms with van der Waals surface area (Å²) < 4.78 is 40.4. The standard InChI is InChI=1S/C55H74N6O6Si3/c1-11-36-34-60-27-22-37(36)30-50(60)52(42-20-25-56-48-18-16-40(62-2)32-46(42)48)64-54-44-14-12-13-15-45(44)55(59-58-54)65-53(43-21-26-57-49-19-17-41(63-3)33-47(43)49)51-31-38-23-28-61(51)35-39(38)24-29-70(10,66-68(4,5)6)67-69(7,8)9/h12-21,25-26,32-33,36-39,50-53H,11,22-24,27-31,34-35H2,1-10H3/t36-,37-,38-,39-,50+,51+,52-,53-/m0/s1. The first kappa shape index (κ1) is 49.1. The Balaban J connectivity index is 1.00. The zero-order valence-corrected chi connectivity index (χ0v) is 46.1. The summed E-state index contributed by atoms with van der Waals surface area (Å²) in [6.45, 7) is 22.7. The predicted octanol–water partition coefficient (Wildman–Crippen LogP) is 12.0. The van der Waals surface area contributed by atoms with Crippen LogP contribution in [-0.4, -0.2) is 108 Å². The summed E-state index contributed by atoms with van der Waals surface area (Å²) in [5.41, 5.74) is 3.97. The molecule has 10 atom stereocenters. The van der Waals surface area contributed by atoms with Crippen molar-refractivity contribution < 1.29 is 27.2 Å². The molecule has 4 bridgehead atoms. The number of methoxy groups -OCH3 is 2. The summed E-state index contributed by atoms with van der Waals surface area (Å²) >= 11 is 0. The summed E-state index contributed by atoms with van der Waals surface area (Å²) in [6, 6.07) is 26.1. The van der Waals surface area contributed by atoms with Crippen LogP contribution in [0.4, 0.5) is 0 Å². The van der Waals surface area contributed by atoms with Gasteiger partial charge in [-0.2, -0.15) is 0 Å². The van der Waals surface area contributed by atoms with Crippen LogP contribution in [0.2, 0.25) is 51.9 Å². The molecule has 2 unspecified atom stereocenters. The molecule has 12 rings (SSSR count).